The molecule has 4 aliphatic carbocycles. The SMILES string of the molecule is C[C@H]1CC(=O)[C@@]2(C)CC[C@H]3[C@@H](CCC4=C(O)C(=O)CC[C@@]43C)[C@H]12. The zero-order chi connectivity index (χ0) is 16.6. The molecule has 0 aromatic heterocycles. The van der Waals surface area contributed by atoms with Crippen molar-refractivity contribution in [3.05, 3.63) is 11.3 Å². The number of Topliss-reactive ketones (excluding diaryl/α,β-unsaturated/α-hetero) is 2. The van der Waals surface area contributed by atoms with Crippen molar-refractivity contribution in [2.45, 2.75) is 65.7 Å². The van der Waals surface area contributed by atoms with E-state index in [1.165, 1.54) is 0 Å². The quantitative estimate of drug-likeness (QED) is 0.728. The number of hydrogen-bond donors (Lipinski definition) is 1. The van der Waals surface area contributed by atoms with E-state index in [2.05, 4.69) is 20.8 Å². The summed E-state index contributed by atoms with van der Waals surface area (Å²) in [5.74, 6) is 2.54. The number of carbonyl (C=O) groups excluding carboxylic acids is 2. The number of aliphatic hydroxyl groups excluding tert-OH is 1. The lowest BCUT2D eigenvalue weighted by molar-refractivity contribution is -0.133. The van der Waals surface area contributed by atoms with Crippen LogP contribution in [0.15, 0.2) is 11.3 Å². The molecule has 0 aromatic carbocycles. The van der Waals surface area contributed by atoms with Gasteiger partial charge in [0.15, 0.2) is 11.5 Å². The largest absolute Gasteiger partial charge is 0.504 e. The predicted molar refractivity (Wildman–Crippen MR) is 87.8 cm³/mol. The summed E-state index contributed by atoms with van der Waals surface area (Å²) in [5.41, 5.74) is 0.869. The highest BCUT2D eigenvalue weighted by Crippen LogP contribution is 2.65. The van der Waals surface area contributed by atoms with Crippen LogP contribution in [0.1, 0.15) is 65.7 Å². The summed E-state index contributed by atoms with van der Waals surface area (Å²) in [7, 11) is 0. The van der Waals surface area contributed by atoms with E-state index >= 15 is 0 Å². The maximum atomic E-state index is 12.6. The second kappa shape index (κ2) is 4.70. The van der Waals surface area contributed by atoms with Gasteiger partial charge in [0.1, 0.15) is 5.78 Å². The van der Waals surface area contributed by atoms with Gasteiger partial charge in [-0.2, -0.15) is 0 Å². The number of allylic oxidation sites excluding steroid dienone is 1. The summed E-state index contributed by atoms with van der Waals surface area (Å²) in [6.45, 7) is 6.73. The van der Waals surface area contributed by atoms with E-state index in [-0.39, 0.29) is 22.4 Å². The molecule has 4 rings (SSSR count). The predicted octanol–water partition coefficient (Wildman–Crippen LogP) is 4.22. The van der Waals surface area contributed by atoms with Crippen molar-refractivity contribution in [3.8, 4) is 0 Å². The lowest BCUT2D eigenvalue weighted by Crippen LogP contribution is -2.52. The topological polar surface area (TPSA) is 54.4 Å². The Labute approximate surface area is 138 Å². The highest BCUT2D eigenvalue weighted by atomic mass is 16.3. The molecule has 0 saturated heterocycles. The molecule has 3 saturated carbocycles. The highest BCUT2D eigenvalue weighted by Gasteiger charge is 2.61. The van der Waals surface area contributed by atoms with Crippen molar-refractivity contribution in [1.82, 2.24) is 0 Å². The van der Waals surface area contributed by atoms with Crippen molar-refractivity contribution in [3.63, 3.8) is 0 Å². The standard InChI is InChI=1S/C20H28O3/c1-11-10-16(22)20(3)8-6-13-12(17(11)20)4-5-14-18(23)15(21)7-9-19(13,14)2/h11-13,17,23H,4-10H2,1-3H3/t11-,12+,13-,17-,19+,20+/m0/s1. The van der Waals surface area contributed by atoms with Gasteiger partial charge in [-0.1, -0.05) is 20.8 Å². The van der Waals surface area contributed by atoms with E-state index in [1.54, 1.807) is 0 Å². The molecular formula is C20H28O3. The van der Waals surface area contributed by atoms with Gasteiger partial charge < -0.3 is 5.11 Å². The minimum atomic E-state index is -0.120. The van der Waals surface area contributed by atoms with Crippen LogP contribution in [0, 0.1) is 34.5 Å². The summed E-state index contributed by atoms with van der Waals surface area (Å²) in [6, 6.07) is 0. The molecule has 4 aliphatic rings. The van der Waals surface area contributed by atoms with Crippen LogP contribution >= 0.6 is 0 Å². The van der Waals surface area contributed by atoms with Crippen LogP contribution in [0.4, 0.5) is 0 Å². The van der Waals surface area contributed by atoms with Gasteiger partial charge in [0.05, 0.1) is 0 Å². The minimum Gasteiger partial charge on any atom is -0.504 e. The summed E-state index contributed by atoms with van der Waals surface area (Å²) in [6.07, 6.45) is 6.02. The smallest absolute Gasteiger partial charge is 0.197 e. The first-order valence-electron chi connectivity index (χ1n) is 9.28. The lowest BCUT2D eigenvalue weighted by atomic mass is 9.46. The molecular weight excluding hydrogens is 288 g/mol. The van der Waals surface area contributed by atoms with Gasteiger partial charge in [-0.15, -0.1) is 0 Å². The average Bonchev–Trinajstić information content (AvgIpc) is 2.73. The van der Waals surface area contributed by atoms with Crippen molar-refractivity contribution >= 4 is 11.6 Å². The maximum Gasteiger partial charge on any atom is 0.197 e. The van der Waals surface area contributed by atoms with E-state index in [4.69, 9.17) is 0 Å². The van der Waals surface area contributed by atoms with Gasteiger partial charge in [0, 0.05) is 18.3 Å². The Bertz CT molecular complexity index is 618. The Morgan fingerprint density at radius 2 is 1.78 bits per heavy atom. The molecule has 0 unspecified atom stereocenters. The zero-order valence-electron chi connectivity index (χ0n) is 14.5. The van der Waals surface area contributed by atoms with Gasteiger partial charge in [-0.3, -0.25) is 9.59 Å². The minimum absolute atomic E-state index is 0.0341. The van der Waals surface area contributed by atoms with Gasteiger partial charge >= 0.3 is 0 Å². The third-order valence-electron chi connectivity index (χ3n) is 8.10. The van der Waals surface area contributed by atoms with Crippen molar-refractivity contribution in [2.75, 3.05) is 0 Å². The highest BCUT2D eigenvalue weighted by molar-refractivity contribution is 5.95. The van der Waals surface area contributed by atoms with Crippen LogP contribution in [0.25, 0.3) is 0 Å². The summed E-state index contributed by atoms with van der Waals surface area (Å²) >= 11 is 0. The Hall–Kier alpha value is -1.12. The van der Waals surface area contributed by atoms with Gasteiger partial charge in [0.25, 0.3) is 0 Å². The molecule has 0 radical (unpaired) electrons. The van der Waals surface area contributed by atoms with Crippen LogP contribution in [0.3, 0.4) is 0 Å². The maximum absolute atomic E-state index is 12.6. The van der Waals surface area contributed by atoms with Crippen molar-refractivity contribution in [1.29, 1.82) is 0 Å². The van der Waals surface area contributed by atoms with Crippen molar-refractivity contribution in [2.24, 2.45) is 34.5 Å². The molecule has 6 atom stereocenters. The van der Waals surface area contributed by atoms with Crippen LogP contribution in [0.5, 0.6) is 0 Å². The Morgan fingerprint density at radius 3 is 2.52 bits per heavy atom. The Balaban J connectivity index is 1.75. The van der Waals surface area contributed by atoms with Crippen LogP contribution in [0.2, 0.25) is 0 Å². The van der Waals surface area contributed by atoms with Crippen LogP contribution < -0.4 is 0 Å². The molecule has 1 N–H and O–H groups in total. The molecule has 3 nitrogen and oxygen atoms in total. The molecule has 0 aromatic rings. The first-order chi connectivity index (χ1) is 10.8. The van der Waals surface area contributed by atoms with E-state index in [9.17, 15) is 14.7 Å². The number of fused-ring (bicyclic) bond motifs is 5. The molecule has 3 heteroatoms. The fourth-order valence-corrected chi connectivity index (χ4v) is 6.96. The average molecular weight is 316 g/mol. The lowest BCUT2D eigenvalue weighted by Gasteiger charge is -2.57. The fourth-order valence-electron chi connectivity index (χ4n) is 6.96. The molecule has 0 aliphatic heterocycles. The molecule has 126 valence electrons. The number of ketones is 2. The van der Waals surface area contributed by atoms with Gasteiger partial charge in [-0.25, -0.2) is 0 Å². The van der Waals surface area contributed by atoms with Crippen LogP contribution in [-0.4, -0.2) is 16.7 Å². The molecule has 0 bridgehead atoms. The monoisotopic (exact) mass is 316 g/mol. The summed E-state index contributed by atoms with van der Waals surface area (Å²) < 4.78 is 0. The molecule has 3 fully saturated rings. The Morgan fingerprint density at radius 1 is 1.04 bits per heavy atom. The first kappa shape index (κ1) is 15.4. The second-order valence-electron chi connectivity index (χ2n) is 9.06. The van der Waals surface area contributed by atoms with E-state index in [0.717, 1.165) is 44.1 Å². The summed E-state index contributed by atoms with van der Waals surface area (Å²) in [5, 5.41) is 10.3. The zero-order valence-corrected chi connectivity index (χ0v) is 14.5. The van der Waals surface area contributed by atoms with Gasteiger partial charge in [0.2, 0.25) is 0 Å². The normalized spacial score (nSPS) is 49.7. The number of rotatable bonds is 0. The fraction of sp³-hybridized carbons (Fsp3) is 0.800. The molecule has 0 heterocycles. The van der Waals surface area contributed by atoms with E-state index in [0.29, 0.717) is 35.9 Å². The molecule has 23 heavy (non-hydrogen) atoms. The number of carbonyl (C=O) groups is 2. The molecule has 0 amide bonds. The first-order valence-corrected chi connectivity index (χ1v) is 9.28. The van der Waals surface area contributed by atoms with E-state index in [1.807, 2.05) is 0 Å². The van der Waals surface area contributed by atoms with Crippen LogP contribution in [-0.2, 0) is 9.59 Å². The number of aliphatic hydroxyl groups is 1. The van der Waals surface area contributed by atoms with Gasteiger partial charge in [-0.05, 0) is 66.8 Å². The Kier molecular flexibility index (Phi) is 3.15. The second-order valence-corrected chi connectivity index (χ2v) is 9.06. The third kappa shape index (κ3) is 1.82. The third-order valence-corrected chi connectivity index (χ3v) is 8.10. The number of hydrogen-bond acceptors (Lipinski definition) is 3. The van der Waals surface area contributed by atoms with Crippen molar-refractivity contribution < 1.29 is 14.7 Å². The molecule has 0 spiro atoms. The summed E-state index contributed by atoms with van der Waals surface area (Å²) in [4.78, 5) is 24.5. The van der Waals surface area contributed by atoms with E-state index < -0.39 is 0 Å².